The van der Waals surface area contributed by atoms with Crippen LogP contribution in [0.2, 0.25) is 0 Å². The third kappa shape index (κ3) is 2.59. The molecule has 0 fully saturated rings. The number of rotatable bonds is 3. The monoisotopic (exact) mass is 267 g/mol. The number of nitro benzene ring substituents is 1. The number of phenolic OH excluding ortho intramolecular Hbond substituents is 1. The summed E-state index contributed by atoms with van der Waals surface area (Å²) in [5.41, 5.74) is -0.706. The smallest absolute Gasteiger partial charge is 0.314 e. The van der Waals surface area contributed by atoms with Crippen LogP contribution in [-0.2, 0) is 0 Å². The Balaban J connectivity index is 2.49. The maximum Gasteiger partial charge on any atom is 0.314 e. The fourth-order valence-electron chi connectivity index (χ4n) is 1.43. The van der Waals surface area contributed by atoms with E-state index in [0.717, 1.165) is 12.1 Å². The van der Waals surface area contributed by atoms with E-state index in [4.69, 9.17) is 4.74 Å². The fraction of sp³-hybridized carbons (Fsp3) is 0. The van der Waals surface area contributed by atoms with Crippen molar-refractivity contribution in [1.82, 2.24) is 0 Å². The summed E-state index contributed by atoms with van der Waals surface area (Å²) in [4.78, 5) is 9.84. The maximum atomic E-state index is 13.5. The highest BCUT2D eigenvalue weighted by Crippen LogP contribution is 2.35. The van der Waals surface area contributed by atoms with E-state index in [0.29, 0.717) is 6.07 Å². The molecule has 0 amide bonds. The molecule has 0 aliphatic rings. The van der Waals surface area contributed by atoms with Gasteiger partial charge in [-0.3, -0.25) is 10.1 Å². The molecule has 0 heterocycles. The van der Waals surface area contributed by atoms with Gasteiger partial charge < -0.3 is 9.84 Å². The Labute approximate surface area is 105 Å². The molecule has 0 aliphatic heterocycles. The fourth-order valence-corrected chi connectivity index (χ4v) is 1.43. The normalized spacial score (nSPS) is 10.2. The lowest BCUT2D eigenvalue weighted by molar-refractivity contribution is -0.385. The van der Waals surface area contributed by atoms with Crippen LogP contribution in [0.1, 0.15) is 0 Å². The molecule has 7 heteroatoms. The molecule has 1 N–H and O–H groups in total. The van der Waals surface area contributed by atoms with E-state index in [9.17, 15) is 24.0 Å². The molecular weight excluding hydrogens is 260 g/mol. The van der Waals surface area contributed by atoms with E-state index < -0.39 is 28.0 Å². The van der Waals surface area contributed by atoms with Gasteiger partial charge in [0.2, 0.25) is 11.6 Å². The molecule has 0 spiro atoms. The number of hydrogen-bond donors (Lipinski definition) is 1. The number of halogens is 2. The molecule has 2 aromatic carbocycles. The van der Waals surface area contributed by atoms with Gasteiger partial charge in [0.15, 0.2) is 5.82 Å². The molecule has 0 radical (unpaired) electrons. The van der Waals surface area contributed by atoms with Crippen LogP contribution in [0.25, 0.3) is 0 Å². The van der Waals surface area contributed by atoms with Gasteiger partial charge in [-0.25, -0.2) is 4.39 Å². The van der Waals surface area contributed by atoms with Crippen molar-refractivity contribution in [2.75, 3.05) is 0 Å². The van der Waals surface area contributed by atoms with Gasteiger partial charge in [-0.05, 0) is 18.2 Å². The van der Waals surface area contributed by atoms with Gasteiger partial charge in [-0.15, -0.1) is 0 Å². The predicted molar refractivity (Wildman–Crippen MR) is 61.2 cm³/mol. The highest BCUT2D eigenvalue weighted by molar-refractivity contribution is 5.50. The van der Waals surface area contributed by atoms with E-state index >= 15 is 0 Å². The first-order valence-electron chi connectivity index (χ1n) is 5.08. The Bertz CT molecular complexity index is 646. The Hall–Kier alpha value is -2.70. The first kappa shape index (κ1) is 12.7. The number of nitro groups is 1. The highest BCUT2D eigenvalue weighted by Gasteiger charge is 2.23. The van der Waals surface area contributed by atoms with Gasteiger partial charge in [0.25, 0.3) is 0 Å². The largest absolute Gasteiger partial charge is 0.508 e. The lowest BCUT2D eigenvalue weighted by Gasteiger charge is -2.07. The van der Waals surface area contributed by atoms with E-state index in [2.05, 4.69) is 0 Å². The van der Waals surface area contributed by atoms with Gasteiger partial charge in [0.1, 0.15) is 11.5 Å². The van der Waals surface area contributed by atoms with Crippen molar-refractivity contribution in [3.05, 3.63) is 58.1 Å². The lowest BCUT2D eigenvalue weighted by Crippen LogP contribution is -1.98. The Morgan fingerprint density at radius 3 is 2.58 bits per heavy atom. The summed E-state index contributed by atoms with van der Waals surface area (Å²) in [5.74, 6) is -3.78. The number of hydrogen-bond acceptors (Lipinski definition) is 4. The third-order valence-electron chi connectivity index (χ3n) is 2.26. The van der Waals surface area contributed by atoms with Crippen LogP contribution in [-0.4, -0.2) is 10.0 Å². The molecule has 0 aromatic heterocycles. The van der Waals surface area contributed by atoms with E-state index in [1.165, 1.54) is 18.2 Å². The second-order valence-electron chi connectivity index (χ2n) is 3.57. The zero-order chi connectivity index (χ0) is 14.0. The van der Waals surface area contributed by atoms with E-state index in [-0.39, 0.29) is 11.5 Å². The molecule has 19 heavy (non-hydrogen) atoms. The molecule has 0 bridgehead atoms. The van der Waals surface area contributed by atoms with Crippen molar-refractivity contribution < 1.29 is 23.5 Å². The van der Waals surface area contributed by atoms with Crippen LogP contribution < -0.4 is 4.74 Å². The molecule has 2 rings (SSSR count). The number of phenols is 1. The zero-order valence-electron chi connectivity index (χ0n) is 9.34. The van der Waals surface area contributed by atoms with Gasteiger partial charge in [0.05, 0.1) is 4.92 Å². The van der Waals surface area contributed by atoms with E-state index in [1.54, 1.807) is 0 Å². The molecule has 2 aromatic rings. The molecule has 5 nitrogen and oxygen atoms in total. The summed E-state index contributed by atoms with van der Waals surface area (Å²) in [5, 5.41) is 19.9. The molecule has 0 unspecified atom stereocenters. The third-order valence-corrected chi connectivity index (χ3v) is 2.26. The minimum Gasteiger partial charge on any atom is -0.508 e. The van der Waals surface area contributed by atoms with Gasteiger partial charge >= 0.3 is 5.69 Å². The molecule has 0 saturated carbocycles. The summed E-state index contributed by atoms with van der Waals surface area (Å²) < 4.78 is 31.6. The van der Waals surface area contributed by atoms with Crippen LogP contribution >= 0.6 is 0 Å². The summed E-state index contributed by atoms with van der Waals surface area (Å²) in [6.45, 7) is 0. The standard InChI is InChI=1S/C12H7F2NO4/c13-9-4-5-10(15(17)18)12(11(9)14)19-8-3-1-2-7(16)6-8/h1-6,16H. The minimum absolute atomic E-state index is 0.0485. The van der Waals surface area contributed by atoms with Crippen LogP contribution in [0.15, 0.2) is 36.4 Å². The zero-order valence-corrected chi connectivity index (χ0v) is 9.34. The number of aromatic hydroxyl groups is 1. The lowest BCUT2D eigenvalue weighted by atomic mass is 10.2. The average Bonchev–Trinajstić information content (AvgIpc) is 2.35. The van der Waals surface area contributed by atoms with Crippen molar-refractivity contribution in [2.24, 2.45) is 0 Å². The molecular formula is C12H7F2NO4. The van der Waals surface area contributed by atoms with Crippen molar-refractivity contribution in [3.63, 3.8) is 0 Å². The topological polar surface area (TPSA) is 72.6 Å². The summed E-state index contributed by atoms with van der Waals surface area (Å²) in [6, 6.07) is 6.64. The SMILES string of the molecule is O=[N+]([O-])c1ccc(F)c(F)c1Oc1cccc(O)c1. The quantitative estimate of drug-likeness (QED) is 0.683. The minimum atomic E-state index is -1.46. The van der Waals surface area contributed by atoms with Crippen molar-refractivity contribution in [1.29, 1.82) is 0 Å². The Morgan fingerprint density at radius 2 is 1.95 bits per heavy atom. The Morgan fingerprint density at radius 1 is 1.21 bits per heavy atom. The molecule has 0 saturated heterocycles. The summed E-state index contributed by atoms with van der Waals surface area (Å²) in [6.07, 6.45) is 0. The highest BCUT2D eigenvalue weighted by atomic mass is 19.2. The maximum absolute atomic E-state index is 13.5. The second kappa shape index (κ2) is 4.89. The number of nitrogens with zero attached hydrogens (tertiary/aromatic N) is 1. The average molecular weight is 267 g/mol. The predicted octanol–water partition coefficient (Wildman–Crippen LogP) is 3.37. The molecule has 0 aliphatic carbocycles. The molecule has 0 atom stereocenters. The Kier molecular flexibility index (Phi) is 3.28. The van der Waals surface area contributed by atoms with Crippen molar-refractivity contribution in [3.8, 4) is 17.2 Å². The van der Waals surface area contributed by atoms with Gasteiger partial charge in [0, 0.05) is 12.1 Å². The van der Waals surface area contributed by atoms with Crippen LogP contribution in [0.4, 0.5) is 14.5 Å². The molecule has 98 valence electrons. The van der Waals surface area contributed by atoms with Crippen LogP contribution in [0, 0.1) is 21.7 Å². The van der Waals surface area contributed by atoms with Gasteiger partial charge in [-0.1, -0.05) is 6.07 Å². The first-order valence-corrected chi connectivity index (χ1v) is 5.08. The van der Waals surface area contributed by atoms with Crippen molar-refractivity contribution in [2.45, 2.75) is 0 Å². The van der Waals surface area contributed by atoms with Crippen LogP contribution in [0.5, 0.6) is 17.2 Å². The first-order chi connectivity index (χ1) is 8.99. The van der Waals surface area contributed by atoms with Crippen molar-refractivity contribution >= 4 is 5.69 Å². The van der Waals surface area contributed by atoms with Gasteiger partial charge in [-0.2, -0.15) is 4.39 Å². The number of benzene rings is 2. The van der Waals surface area contributed by atoms with E-state index in [1.807, 2.05) is 0 Å². The van der Waals surface area contributed by atoms with Crippen LogP contribution in [0.3, 0.4) is 0 Å². The summed E-state index contributed by atoms with van der Waals surface area (Å²) in [7, 11) is 0. The number of ether oxygens (including phenoxy) is 1. The second-order valence-corrected chi connectivity index (χ2v) is 3.57. The summed E-state index contributed by atoms with van der Waals surface area (Å²) >= 11 is 0.